The van der Waals surface area contributed by atoms with E-state index in [2.05, 4.69) is 5.32 Å². The summed E-state index contributed by atoms with van der Waals surface area (Å²) in [5.41, 5.74) is 2.28. The van der Waals surface area contributed by atoms with Crippen molar-refractivity contribution in [2.24, 2.45) is 0 Å². The minimum Gasteiger partial charge on any atom is -0.489 e. The van der Waals surface area contributed by atoms with Gasteiger partial charge in [-0.15, -0.1) is 0 Å². The SMILES string of the molecule is CC(C)(C)NC(=O)[C@@H](Cc1ccccc1)N(Cc1cccc(Cl)c1)C(=O)CN(c1ccc(OCc2ccccc2)cc1)S(C)(=O)=O. The van der Waals surface area contributed by atoms with E-state index in [1.54, 1.807) is 42.5 Å². The quantitative estimate of drug-likeness (QED) is 0.183. The van der Waals surface area contributed by atoms with Crippen molar-refractivity contribution in [2.45, 2.75) is 51.9 Å². The highest BCUT2D eigenvalue weighted by Gasteiger charge is 2.34. The molecule has 4 aromatic rings. The highest BCUT2D eigenvalue weighted by Crippen LogP contribution is 2.24. The third-order valence-electron chi connectivity index (χ3n) is 7.06. The molecule has 2 amide bonds. The van der Waals surface area contributed by atoms with Gasteiger partial charge in [0, 0.05) is 23.5 Å². The normalized spacial score (nSPS) is 12.2. The Labute approximate surface area is 277 Å². The molecule has 0 saturated heterocycles. The molecule has 0 bridgehead atoms. The monoisotopic (exact) mass is 661 g/mol. The number of anilines is 1. The molecular formula is C36H40ClN3O5S. The van der Waals surface area contributed by atoms with E-state index in [0.717, 1.165) is 21.7 Å². The number of carbonyl (C=O) groups is 2. The first-order valence-electron chi connectivity index (χ1n) is 14.9. The summed E-state index contributed by atoms with van der Waals surface area (Å²) >= 11 is 6.28. The highest BCUT2D eigenvalue weighted by atomic mass is 35.5. The predicted octanol–water partition coefficient (Wildman–Crippen LogP) is 6.24. The van der Waals surface area contributed by atoms with Crippen LogP contribution in [0.5, 0.6) is 5.75 Å². The van der Waals surface area contributed by atoms with Crippen LogP contribution < -0.4 is 14.4 Å². The topological polar surface area (TPSA) is 96.0 Å². The maximum Gasteiger partial charge on any atom is 0.244 e. The Morgan fingerprint density at radius 2 is 1.41 bits per heavy atom. The van der Waals surface area contributed by atoms with E-state index in [0.29, 0.717) is 28.6 Å². The molecule has 1 N–H and O–H groups in total. The highest BCUT2D eigenvalue weighted by molar-refractivity contribution is 7.92. The van der Waals surface area contributed by atoms with Crippen molar-refractivity contribution in [3.05, 3.63) is 131 Å². The number of hydrogen-bond donors (Lipinski definition) is 1. The van der Waals surface area contributed by atoms with Crippen LogP contribution in [0.2, 0.25) is 5.02 Å². The van der Waals surface area contributed by atoms with Crippen LogP contribution in [-0.2, 0) is 39.2 Å². The second-order valence-corrected chi connectivity index (χ2v) is 14.5. The number of ether oxygens (including phenoxy) is 1. The first-order chi connectivity index (χ1) is 21.8. The Kier molecular flexibility index (Phi) is 11.5. The number of amides is 2. The van der Waals surface area contributed by atoms with E-state index in [-0.39, 0.29) is 18.9 Å². The molecule has 1 atom stereocenters. The smallest absolute Gasteiger partial charge is 0.244 e. The lowest BCUT2D eigenvalue weighted by Crippen LogP contribution is -2.56. The summed E-state index contributed by atoms with van der Waals surface area (Å²) in [4.78, 5) is 29.6. The molecule has 4 aromatic carbocycles. The van der Waals surface area contributed by atoms with E-state index < -0.39 is 34.1 Å². The average molecular weight is 662 g/mol. The second kappa shape index (κ2) is 15.3. The van der Waals surface area contributed by atoms with Gasteiger partial charge in [-0.3, -0.25) is 13.9 Å². The Bertz CT molecular complexity index is 1710. The lowest BCUT2D eigenvalue weighted by Gasteiger charge is -2.35. The van der Waals surface area contributed by atoms with E-state index in [1.165, 1.54) is 4.90 Å². The van der Waals surface area contributed by atoms with Gasteiger partial charge >= 0.3 is 0 Å². The fourth-order valence-electron chi connectivity index (χ4n) is 4.90. The Hall–Kier alpha value is -4.34. The van der Waals surface area contributed by atoms with Gasteiger partial charge in [-0.2, -0.15) is 0 Å². The van der Waals surface area contributed by atoms with Crippen molar-refractivity contribution in [3.8, 4) is 5.75 Å². The summed E-state index contributed by atoms with van der Waals surface area (Å²) in [5, 5.41) is 3.49. The minimum absolute atomic E-state index is 0.0400. The summed E-state index contributed by atoms with van der Waals surface area (Å²) in [6, 6.07) is 31.7. The number of hydrogen-bond acceptors (Lipinski definition) is 5. The number of nitrogens with zero attached hydrogens (tertiary/aromatic N) is 2. The van der Waals surface area contributed by atoms with Crippen molar-refractivity contribution in [1.82, 2.24) is 10.2 Å². The molecule has 46 heavy (non-hydrogen) atoms. The maximum absolute atomic E-state index is 14.3. The molecule has 0 saturated carbocycles. The predicted molar refractivity (Wildman–Crippen MR) is 183 cm³/mol. The number of rotatable bonds is 13. The number of sulfonamides is 1. The number of halogens is 1. The van der Waals surface area contributed by atoms with Crippen molar-refractivity contribution in [2.75, 3.05) is 17.1 Å². The van der Waals surface area contributed by atoms with Crippen LogP contribution in [0.4, 0.5) is 5.69 Å². The van der Waals surface area contributed by atoms with E-state index in [9.17, 15) is 18.0 Å². The molecule has 0 unspecified atom stereocenters. The molecule has 242 valence electrons. The zero-order valence-electron chi connectivity index (χ0n) is 26.5. The Morgan fingerprint density at radius 3 is 1.98 bits per heavy atom. The molecule has 0 fully saturated rings. The average Bonchev–Trinajstić information content (AvgIpc) is 3.00. The van der Waals surface area contributed by atoms with Crippen molar-refractivity contribution >= 4 is 39.1 Å². The van der Waals surface area contributed by atoms with Crippen molar-refractivity contribution < 1.29 is 22.7 Å². The molecule has 4 rings (SSSR count). The summed E-state index contributed by atoms with van der Waals surface area (Å²) in [6.45, 7) is 5.48. The zero-order chi connectivity index (χ0) is 33.3. The number of benzene rings is 4. The molecule has 0 aromatic heterocycles. The van der Waals surface area contributed by atoms with E-state index >= 15 is 0 Å². The molecule has 0 aliphatic rings. The van der Waals surface area contributed by atoms with E-state index in [4.69, 9.17) is 16.3 Å². The van der Waals surface area contributed by atoms with Crippen LogP contribution in [0, 0.1) is 0 Å². The Morgan fingerprint density at radius 1 is 0.826 bits per heavy atom. The van der Waals surface area contributed by atoms with Gasteiger partial charge in [0.25, 0.3) is 0 Å². The summed E-state index contributed by atoms with van der Waals surface area (Å²) < 4.78 is 33.1. The maximum atomic E-state index is 14.3. The van der Waals surface area contributed by atoms with Crippen LogP contribution >= 0.6 is 11.6 Å². The van der Waals surface area contributed by atoms with Crippen LogP contribution in [0.25, 0.3) is 0 Å². The van der Waals surface area contributed by atoms with Gasteiger partial charge in [0.1, 0.15) is 24.9 Å². The first-order valence-corrected chi connectivity index (χ1v) is 17.2. The van der Waals surface area contributed by atoms with Gasteiger partial charge in [0.15, 0.2) is 0 Å². The fraction of sp³-hybridized carbons (Fsp3) is 0.278. The van der Waals surface area contributed by atoms with Gasteiger partial charge in [0.2, 0.25) is 21.8 Å². The van der Waals surface area contributed by atoms with E-state index in [1.807, 2.05) is 87.5 Å². The molecule has 10 heteroatoms. The van der Waals surface area contributed by atoms with Crippen molar-refractivity contribution in [3.63, 3.8) is 0 Å². The summed E-state index contributed by atoms with van der Waals surface area (Å²) in [6.07, 6.45) is 1.27. The number of carbonyl (C=O) groups excluding carboxylic acids is 2. The molecule has 0 aliphatic heterocycles. The van der Waals surface area contributed by atoms with Gasteiger partial charge in [-0.1, -0.05) is 84.4 Å². The molecule has 0 radical (unpaired) electrons. The van der Waals surface area contributed by atoms with Crippen LogP contribution in [0.15, 0.2) is 109 Å². The molecule has 0 spiro atoms. The largest absolute Gasteiger partial charge is 0.489 e. The fourth-order valence-corrected chi connectivity index (χ4v) is 5.96. The van der Waals surface area contributed by atoms with Gasteiger partial charge in [-0.05, 0) is 73.9 Å². The van der Waals surface area contributed by atoms with Crippen LogP contribution in [0.3, 0.4) is 0 Å². The standard InChI is InChI=1S/C36H40ClN3O5S/c1-36(2,3)38-35(42)33(23-27-12-7-5-8-13-27)39(24-29-16-11-17-30(37)22-29)34(41)25-40(46(4,43)44)31-18-20-32(21-19-31)45-26-28-14-9-6-10-15-28/h5-22,33H,23-26H2,1-4H3,(H,38,42)/t33-/m1/s1. The van der Waals surface area contributed by atoms with Crippen molar-refractivity contribution in [1.29, 1.82) is 0 Å². The Balaban J connectivity index is 1.66. The number of nitrogens with one attached hydrogen (secondary N) is 1. The molecule has 0 aliphatic carbocycles. The van der Waals surface area contributed by atoms with Crippen LogP contribution in [0.1, 0.15) is 37.5 Å². The summed E-state index contributed by atoms with van der Waals surface area (Å²) in [5.74, 6) is -0.339. The molecule has 0 heterocycles. The molecule has 8 nitrogen and oxygen atoms in total. The second-order valence-electron chi connectivity index (χ2n) is 12.1. The van der Waals surface area contributed by atoms with Gasteiger partial charge in [0.05, 0.1) is 11.9 Å². The third kappa shape index (κ3) is 10.4. The first kappa shape index (κ1) is 34.5. The zero-order valence-corrected chi connectivity index (χ0v) is 28.1. The van der Waals surface area contributed by atoms with Gasteiger partial charge < -0.3 is 15.0 Å². The minimum atomic E-state index is -3.90. The third-order valence-corrected chi connectivity index (χ3v) is 8.44. The summed E-state index contributed by atoms with van der Waals surface area (Å²) in [7, 11) is -3.90. The lowest BCUT2D eigenvalue weighted by molar-refractivity contribution is -0.140. The molecular weight excluding hydrogens is 622 g/mol. The van der Waals surface area contributed by atoms with Crippen LogP contribution in [-0.4, -0.2) is 49.5 Å². The van der Waals surface area contributed by atoms with Gasteiger partial charge in [-0.25, -0.2) is 8.42 Å². The lowest BCUT2D eigenvalue weighted by atomic mass is 10.0.